The number of fused-ring (bicyclic) bond motifs is 22. The van der Waals surface area contributed by atoms with Crippen LogP contribution in [0.1, 0.15) is 11.1 Å². The second-order valence-electron chi connectivity index (χ2n) is 28.3. The topological polar surface area (TPSA) is 67.3 Å². The molecule has 0 amide bonds. The monoisotopic (exact) mass is 1400 g/mol. The predicted octanol–water partition coefficient (Wildman–Crippen LogP) is 27.5. The SMILES string of the molecule is N#Cc1c(-n2c3ccccc3c3ccccc32)c(-n2c3cc(-c4ccccc4-c4cccc5ccccc45)ccc3c3ccc4c5ccccc5sc4c32)c(C#N)c(-n2c3ccccc3c3ccccc32)c1-n1c2cc(-c3ccccc3-c3cccc4ccccc34)ccc2c2ccc3c4ccccc4sc3c21. The highest BCUT2D eigenvalue weighted by molar-refractivity contribution is 7.27. The molecule has 23 rings (SSSR count). The van der Waals surface area contributed by atoms with Gasteiger partial charge < -0.3 is 18.3 Å². The smallest absolute Gasteiger partial charge is 0.104 e. The molecule has 6 nitrogen and oxygen atoms in total. The fraction of sp³-hybridized carbons (Fsp3) is 0. The highest BCUT2D eigenvalue weighted by Crippen LogP contribution is 2.54. The molecule has 0 radical (unpaired) electrons. The molecule has 23 aromatic rings. The van der Waals surface area contributed by atoms with Gasteiger partial charge in [-0.1, -0.05) is 291 Å². The fourth-order valence-electron chi connectivity index (χ4n) is 18.3. The zero-order valence-corrected chi connectivity index (χ0v) is 59.5. The molecule has 0 saturated carbocycles. The van der Waals surface area contributed by atoms with Crippen LogP contribution in [0.4, 0.5) is 0 Å². The number of hydrogen-bond acceptors (Lipinski definition) is 4. The van der Waals surface area contributed by atoms with Gasteiger partial charge in [0, 0.05) is 74.0 Å². The van der Waals surface area contributed by atoms with E-state index in [9.17, 15) is 10.5 Å². The first-order valence-electron chi connectivity index (χ1n) is 36.5. The lowest BCUT2D eigenvalue weighted by Crippen LogP contribution is -2.16. The lowest BCUT2D eigenvalue weighted by atomic mass is 9.91. The Morgan fingerprint density at radius 3 is 0.898 bits per heavy atom. The van der Waals surface area contributed by atoms with Gasteiger partial charge >= 0.3 is 0 Å². The molecule has 17 aromatic carbocycles. The molecular weight excluding hydrogens is 1350 g/mol. The molecule has 108 heavy (non-hydrogen) atoms. The molecular formula is C100H56N6S2. The first kappa shape index (κ1) is 60.3. The second kappa shape index (κ2) is 23.2. The Morgan fingerprint density at radius 2 is 0.500 bits per heavy atom. The summed E-state index contributed by atoms with van der Waals surface area (Å²) >= 11 is 3.55. The van der Waals surface area contributed by atoms with Crippen LogP contribution in [0.15, 0.2) is 340 Å². The normalized spacial score (nSPS) is 12.1. The van der Waals surface area contributed by atoms with Crippen molar-refractivity contribution in [2.75, 3.05) is 0 Å². The van der Waals surface area contributed by atoms with Gasteiger partial charge in [-0.3, -0.25) is 0 Å². The Balaban J connectivity index is 0.963. The number of benzene rings is 17. The van der Waals surface area contributed by atoms with Crippen molar-refractivity contribution in [1.29, 1.82) is 10.5 Å². The van der Waals surface area contributed by atoms with Gasteiger partial charge in [0.05, 0.1) is 76.3 Å². The number of rotatable bonds is 8. The van der Waals surface area contributed by atoms with Crippen molar-refractivity contribution < 1.29 is 0 Å². The van der Waals surface area contributed by atoms with Crippen LogP contribution >= 0.6 is 22.7 Å². The second-order valence-corrected chi connectivity index (χ2v) is 30.4. The van der Waals surface area contributed by atoms with Gasteiger partial charge in [0.15, 0.2) is 0 Å². The summed E-state index contributed by atoms with van der Waals surface area (Å²) in [7, 11) is 0. The predicted molar refractivity (Wildman–Crippen MR) is 456 cm³/mol. The molecule has 6 heterocycles. The van der Waals surface area contributed by atoms with E-state index in [1.807, 2.05) is 0 Å². The first-order valence-corrected chi connectivity index (χ1v) is 38.1. The van der Waals surface area contributed by atoms with Crippen molar-refractivity contribution in [1.82, 2.24) is 18.3 Å². The molecule has 6 aromatic heterocycles. The first-order chi connectivity index (χ1) is 53.6. The Bertz CT molecular complexity index is 7400. The van der Waals surface area contributed by atoms with E-state index in [1.165, 1.54) is 21.5 Å². The lowest BCUT2D eigenvalue weighted by Gasteiger charge is -2.27. The molecule has 0 aliphatic heterocycles. The van der Waals surface area contributed by atoms with E-state index in [1.54, 1.807) is 22.7 Å². The van der Waals surface area contributed by atoms with Crippen LogP contribution in [-0.4, -0.2) is 18.3 Å². The van der Waals surface area contributed by atoms with Crippen molar-refractivity contribution in [3.8, 4) is 79.4 Å². The van der Waals surface area contributed by atoms with Crippen molar-refractivity contribution in [2.24, 2.45) is 0 Å². The van der Waals surface area contributed by atoms with Crippen LogP contribution in [0.3, 0.4) is 0 Å². The van der Waals surface area contributed by atoms with E-state index in [2.05, 4.69) is 370 Å². The quantitative estimate of drug-likeness (QED) is 0.152. The molecule has 0 saturated heterocycles. The van der Waals surface area contributed by atoms with Crippen molar-refractivity contribution in [3.63, 3.8) is 0 Å². The van der Waals surface area contributed by atoms with Crippen molar-refractivity contribution >= 4 is 172 Å². The Hall–Kier alpha value is -14.1. The molecule has 0 aliphatic carbocycles. The summed E-state index contributed by atoms with van der Waals surface area (Å²) in [5.41, 5.74) is 19.0. The summed E-state index contributed by atoms with van der Waals surface area (Å²) < 4.78 is 14.0. The van der Waals surface area contributed by atoms with Gasteiger partial charge in [0.25, 0.3) is 0 Å². The third-order valence-corrected chi connectivity index (χ3v) is 25.2. The summed E-state index contributed by atoms with van der Waals surface area (Å²) in [6.45, 7) is 0. The zero-order chi connectivity index (χ0) is 71.0. The highest BCUT2D eigenvalue weighted by Gasteiger charge is 2.36. The van der Waals surface area contributed by atoms with Gasteiger partial charge in [-0.15, -0.1) is 22.7 Å². The number of aromatic nitrogens is 4. The molecule has 0 bridgehead atoms. The van der Waals surface area contributed by atoms with Crippen LogP contribution in [0, 0.1) is 22.7 Å². The molecule has 0 atom stereocenters. The Morgan fingerprint density at radius 1 is 0.213 bits per heavy atom. The van der Waals surface area contributed by atoms with Crippen LogP contribution in [0.2, 0.25) is 0 Å². The van der Waals surface area contributed by atoms with E-state index in [0.717, 1.165) is 172 Å². The fourth-order valence-corrected chi connectivity index (χ4v) is 20.8. The lowest BCUT2D eigenvalue weighted by molar-refractivity contribution is 1.03. The zero-order valence-electron chi connectivity index (χ0n) is 57.8. The molecule has 0 aliphatic rings. The summed E-state index contributed by atoms with van der Waals surface area (Å²) in [6.07, 6.45) is 0. The van der Waals surface area contributed by atoms with E-state index in [4.69, 9.17) is 0 Å². The van der Waals surface area contributed by atoms with Gasteiger partial charge in [-0.05, 0) is 115 Å². The Labute approximate surface area is 626 Å². The van der Waals surface area contributed by atoms with Crippen LogP contribution in [-0.2, 0) is 0 Å². The van der Waals surface area contributed by atoms with Gasteiger partial charge in [-0.2, -0.15) is 10.5 Å². The number of thiophene rings is 2. The molecule has 0 fully saturated rings. The van der Waals surface area contributed by atoms with Crippen molar-refractivity contribution in [2.45, 2.75) is 0 Å². The largest absolute Gasteiger partial charge is 0.306 e. The maximum Gasteiger partial charge on any atom is 0.104 e. The van der Waals surface area contributed by atoms with Crippen LogP contribution < -0.4 is 0 Å². The third kappa shape index (κ3) is 8.44. The molecule has 498 valence electrons. The van der Waals surface area contributed by atoms with Crippen LogP contribution in [0.5, 0.6) is 0 Å². The minimum Gasteiger partial charge on any atom is -0.306 e. The molecule has 8 heteroatoms. The van der Waals surface area contributed by atoms with Gasteiger partial charge in [0.1, 0.15) is 23.3 Å². The van der Waals surface area contributed by atoms with Crippen molar-refractivity contribution in [3.05, 3.63) is 351 Å². The van der Waals surface area contributed by atoms with Gasteiger partial charge in [-0.25, -0.2) is 0 Å². The molecule has 0 unspecified atom stereocenters. The molecule has 0 spiro atoms. The maximum absolute atomic E-state index is 13.8. The minimum absolute atomic E-state index is 0.391. The number of hydrogen-bond donors (Lipinski definition) is 0. The standard InChI is InChI=1S/C100H56N6S2/c101-57-83-94(104-87-43-17-11-35-73(87)74-36-12-18-44-88(74)104)96(106-90-56-62(66-30-6-8-32-68(66)70-40-22-26-60-24-2-4-28-64(60)70)48-50-76(90)80-52-54-82-78-38-14-20-46-92(78)108-100(82)98(80)106)84(58-102)93(103-85-41-15-9-33-71(85)72-34-10-16-42-86(72)103)95(83)105-89-55-61(65-29-5-7-31-67(65)69-39-21-25-59-23-1-3-27-63(59)69)47-49-75(89)79-51-53-81-77-37-13-19-45-91(77)107-99(81)97(79)105/h1-56H. The summed E-state index contributed by atoms with van der Waals surface area (Å²) in [5, 5.41) is 44.9. The van der Waals surface area contributed by atoms with E-state index in [0.29, 0.717) is 33.9 Å². The Kier molecular flexibility index (Phi) is 13.0. The number of para-hydroxylation sites is 4. The number of nitriles is 2. The number of nitrogens with zero attached hydrogens (tertiary/aromatic N) is 6. The van der Waals surface area contributed by atoms with Gasteiger partial charge in [0.2, 0.25) is 0 Å². The van der Waals surface area contributed by atoms with Crippen LogP contribution in [0.25, 0.3) is 216 Å². The van der Waals surface area contributed by atoms with E-state index < -0.39 is 0 Å². The summed E-state index contributed by atoms with van der Waals surface area (Å²) in [4.78, 5) is 0. The minimum atomic E-state index is 0.391. The highest BCUT2D eigenvalue weighted by atomic mass is 32.1. The molecule has 0 N–H and O–H groups in total. The maximum atomic E-state index is 13.8. The third-order valence-electron chi connectivity index (χ3n) is 22.9. The van der Waals surface area contributed by atoms with E-state index in [-0.39, 0.29) is 0 Å². The summed E-state index contributed by atoms with van der Waals surface area (Å²) in [5.74, 6) is 0. The average molecular weight is 1410 g/mol. The summed E-state index contributed by atoms with van der Waals surface area (Å²) in [6, 6.07) is 129. The van der Waals surface area contributed by atoms with E-state index >= 15 is 0 Å². The average Bonchev–Trinajstić information content (AvgIpc) is 1.50.